The van der Waals surface area contributed by atoms with Crippen LogP contribution in [0, 0.1) is 6.92 Å². The van der Waals surface area contributed by atoms with Gasteiger partial charge in [0.2, 0.25) is 0 Å². The van der Waals surface area contributed by atoms with Crippen molar-refractivity contribution in [1.29, 1.82) is 0 Å². The van der Waals surface area contributed by atoms with E-state index < -0.39 is 0 Å². The van der Waals surface area contributed by atoms with E-state index in [0.717, 1.165) is 6.42 Å². The van der Waals surface area contributed by atoms with Crippen molar-refractivity contribution in [3.05, 3.63) is 33.9 Å². The number of hydrogen-bond acceptors (Lipinski definition) is 0. The fourth-order valence-electron chi connectivity index (χ4n) is 1.58. The Bertz CT molecular complexity index is 443. The summed E-state index contributed by atoms with van der Waals surface area (Å²) in [6.45, 7) is 4.27. The lowest BCUT2D eigenvalue weighted by Crippen LogP contribution is -1.77. The Kier molecular flexibility index (Phi) is 2.16. The van der Waals surface area contributed by atoms with E-state index in [9.17, 15) is 0 Å². The largest absolute Gasteiger partial charge is 0.357 e. The van der Waals surface area contributed by atoms with Gasteiger partial charge in [-0.3, -0.25) is 0 Å². The predicted octanol–water partition coefficient (Wildman–Crippen LogP) is 3.80. The van der Waals surface area contributed by atoms with E-state index in [0.29, 0.717) is 0 Å². The molecule has 13 heavy (non-hydrogen) atoms. The monoisotopic (exact) mass is 237 g/mol. The molecule has 0 amide bonds. The molecule has 0 fully saturated rings. The van der Waals surface area contributed by atoms with Crippen LogP contribution in [0.5, 0.6) is 0 Å². The number of fused-ring (bicyclic) bond motifs is 1. The van der Waals surface area contributed by atoms with Crippen molar-refractivity contribution in [3.63, 3.8) is 0 Å². The molecular weight excluding hydrogens is 226 g/mol. The maximum Gasteiger partial charge on any atom is 0.0470 e. The number of rotatable bonds is 1. The molecule has 0 radical (unpaired) electrons. The molecule has 0 aliphatic carbocycles. The maximum absolute atomic E-state index is 3.61. The van der Waals surface area contributed by atoms with Crippen LogP contribution in [0.2, 0.25) is 0 Å². The maximum atomic E-state index is 3.61. The Hall–Kier alpha value is -0.760. The second kappa shape index (κ2) is 3.18. The number of halogens is 1. The molecule has 1 N–H and O–H groups in total. The van der Waals surface area contributed by atoms with Gasteiger partial charge in [-0.25, -0.2) is 0 Å². The Labute approximate surface area is 86.3 Å². The molecule has 68 valence electrons. The van der Waals surface area contributed by atoms with Crippen LogP contribution in [-0.4, -0.2) is 4.98 Å². The lowest BCUT2D eigenvalue weighted by Gasteiger charge is -1.92. The van der Waals surface area contributed by atoms with E-state index in [2.05, 4.69) is 53.0 Å². The van der Waals surface area contributed by atoms with E-state index in [-0.39, 0.29) is 0 Å². The number of benzene rings is 1. The van der Waals surface area contributed by atoms with Crippen molar-refractivity contribution in [2.24, 2.45) is 0 Å². The van der Waals surface area contributed by atoms with Crippen LogP contribution in [-0.2, 0) is 6.42 Å². The summed E-state index contributed by atoms with van der Waals surface area (Å²) in [7, 11) is 0. The fraction of sp³-hybridized carbons (Fsp3) is 0.273. The highest BCUT2D eigenvalue weighted by Crippen LogP contribution is 2.28. The van der Waals surface area contributed by atoms with Crippen LogP contribution in [0.25, 0.3) is 10.9 Å². The number of nitrogens with one attached hydrogen (secondary N) is 1. The van der Waals surface area contributed by atoms with Crippen LogP contribution < -0.4 is 0 Å². The summed E-state index contributed by atoms with van der Waals surface area (Å²) in [5, 5.41) is 1.28. The van der Waals surface area contributed by atoms with Gasteiger partial charge in [-0.1, -0.05) is 19.1 Å². The van der Waals surface area contributed by atoms with Gasteiger partial charge in [0.1, 0.15) is 0 Å². The van der Waals surface area contributed by atoms with Gasteiger partial charge in [-0.15, -0.1) is 0 Å². The van der Waals surface area contributed by atoms with Gasteiger partial charge in [0.25, 0.3) is 0 Å². The molecule has 0 bridgehead atoms. The predicted molar refractivity (Wildman–Crippen MR) is 60.1 cm³/mol. The van der Waals surface area contributed by atoms with Crippen LogP contribution in [0.1, 0.15) is 18.2 Å². The highest BCUT2D eigenvalue weighted by Gasteiger charge is 2.06. The average Bonchev–Trinajstić information content (AvgIpc) is 2.42. The first-order valence-electron chi connectivity index (χ1n) is 4.49. The minimum atomic E-state index is 1.04. The summed E-state index contributed by atoms with van der Waals surface area (Å²) in [6, 6.07) is 6.48. The van der Waals surface area contributed by atoms with E-state index in [1.165, 1.54) is 26.6 Å². The fourth-order valence-corrected chi connectivity index (χ4v) is 2.30. The summed E-state index contributed by atoms with van der Waals surface area (Å²) in [6.07, 6.45) is 1.04. The van der Waals surface area contributed by atoms with Gasteiger partial charge >= 0.3 is 0 Å². The number of aryl methyl sites for hydroxylation is 2. The quantitative estimate of drug-likeness (QED) is 0.777. The lowest BCUT2D eigenvalue weighted by atomic mass is 10.2. The van der Waals surface area contributed by atoms with Crippen molar-refractivity contribution in [3.8, 4) is 0 Å². The normalized spacial score (nSPS) is 11.0. The number of H-pyrrole nitrogens is 1. The lowest BCUT2D eigenvalue weighted by molar-refractivity contribution is 1.06. The van der Waals surface area contributed by atoms with Crippen LogP contribution in [0.4, 0.5) is 0 Å². The smallest absolute Gasteiger partial charge is 0.0470 e. The third kappa shape index (κ3) is 1.39. The van der Waals surface area contributed by atoms with Gasteiger partial charge in [0.05, 0.1) is 0 Å². The van der Waals surface area contributed by atoms with Gasteiger partial charge < -0.3 is 4.98 Å². The molecule has 2 heteroatoms. The first kappa shape index (κ1) is 8.82. The molecule has 0 aliphatic heterocycles. The molecular formula is C11H12BrN. The summed E-state index contributed by atoms with van der Waals surface area (Å²) < 4.78 is 1.21. The molecule has 0 spiro atoms. The van der Waals surface area contributed by atoms with E-state index in [1.54, 1.807) is 0 Å². The van der Waals surface area contributed by atoms with E-state index in [1.807, 2.05) is 0 Å². The summed E-state index contributed by atoms with van der Waals surface area (Å²) >= 11 is 3.61. The highest BCUT2D eigenvalue weighted by atomic mass is 79.9. The summed E-state index contributed by atoms with van der Waals surface area (Å²) in [4.78, 5) is 3.41. The first-order chi connectivity index (χ1) is 6.22. The van der Waals surface area contributed by atoms with Crippen LogP contribution in [0.15, 0.2) is 22.7 Å². The van der Waals surface area contributed by atoms with Crippen molar-refractivity contribution in [1.82, 2.24) is 4.98 Å². The first-order valence-corrected chi connectivity index (χ1v) is 5.28. The SMILES string of the molecule is CCc1[nH]c2cc(C)ccc2c1Br. The standard InChI is InChI=1S/C11H12BrN/c1-3-9-11(12)8-5-4-7(2)6-10(8)13-9/h4-6,13H,3H2,1-2H3. The molecule has 0 unspecified atom stereocenters. The second-order valence-electron chi connectivity index (χ2n) is 3.32. The minimum absolute atomic E-state index is 1.04. The van der Waals surface area contributed by atoms with Gasteiger partial charge in [-0.2, -0.15) is 0 Å². The number of aromatic amines is 1. The average molecular weight is 238 g/mol. The minimum Gasteiger partial charge on any atom is -0.357 e. The highest BCUT2D eigenvalue weighted by molar-refractivity contribution is 9.10. The van der Waals surface area contributed by atoms with Gasteiger partial charge in [0, 0.05) is 21.1 Å². The molecule has 1 aromatic heterocycles. The Balaban J connectivity index is 2.76. The molecule has 0 saturated heterocycles. The molecule has 0 aliphatic rings. The molecule has 0 saturated carbocycles. The Morgan fingerprint density at radius 1 is 1.38 bits per heavy atom. The van der Waals surface area contributed by atoms with Crippen LogP contribution in [0.3, 0.4) is 0 Å². The number of aromatic nitrogens is 1. The molecule has 0 atom stereocenters. The molecule has 1 heterocycles. The molecule has 2 aromatic rings. The molecule has 1 nitrogen and oxygen atoms in total. The Morgan fingerprint density at radius 3 is 2.85 bits per heavy atom. The zero-order valence-electron chi connectivity index (χ0n) is 7.82. The van der Waals surface area contributed by atoms with E-state index >= 15 is 0 Å². The molecule has 1 aromatic carbocycles. The van der Waals surface area contributed by atoms with Crippen molar-refractivity contribution >= 4 is 26.8 Å². The number of hydrogen-bond donors (Lipinski definition) is 1. The third-order valence-corrected chi connectivity index (χ3v) is 3.22. The molecule has 2 rings (SSSR count). The van der Waals surface area contributed by atoms with Gasteiger partial charge in [0.15, 0.2) is 0 Å². The zero-order chi connectivity index (χ0) is 9.42. The van der Waals surface area contributed by atoms with E-state index in [4.69, 9.17) is 0 Å². The summed E-state index contributed by atoms with van der Waals surface area (Å²) in [5.74, 6) is 0. The van der Waals surface area contributed by atoms with Crippen molar-refractivity contribution < 1.29 is 0 Å². The second-order valence-corrected chi connectivity index (χ2v) is 4.11. The zero-order valence-corrected chi connectivity index (χ0v) is 9.40. The van der Waals surface area contributed by atoms with Crippen LogP contribution >= 0.6 is 15.9 Å². The topological polar surface area (TPSA) is 15.8 Å². The van der Waals surface area contributed by atoms with Gasteiger partial charge in [-0.05, 0) is 40.9 Å². The third-order valence-electron chi connectivity index (χ3n) is 2.32. The van der Waals surface area contributed by atoms with Crippen molar-refractivity contribution in [2.45, 2.75) is 20.3 Å². The summed E-state index contributed by atoms with van der Waals surface area (Å²) in [5.41, 5.74) is 3.80. The van der Waals surface area contributed by atoms with Crippen molar-refractivity contribution in [2.75, 3.05) is 0 Å². The Morgan fingerprint density at radius 2 is 2.15 bits per heavy atom.